The van der Waals surface area contributed by atoms with Crippen molar-refractivity contribution in [1.29, 1.82) is 0 Å². The number of nitro benzene ring substituents is 1. The van der Waals surface area contributed by atoms with Crippen LogP contribution in [0.3, 0.4) is 0 Å². The number of hydrogen-bond acceptors (Lipinski definition) is 5. The highest BCUT2D eigenvalue weighted by molar-refractivity contribution is 6.01. The predicted molar refractivity (Wildman–Crippen MR) is 82.6 cm³/mol. The molecule has 2 heterocycles. The monoisotopic (exact) mass is 304 g/mol. The molecule has 1 spiro atoms. The number of hydrogen-bond donors (Lipinski definition) is 2. The number of benzene rings is 1. The summed E-state index contributed by atoms with van der Waals surface area (Å²) >= 11 is 0. The molecule has 0 saturated carbocycles. The molecule has 0 radical (unpaired) electrons. The number of piperidine rings is 1. The first-order valence-electron chi connectivity index (χ1n) is 7.55. The number of carbonyl (C=O) groups excluding carboxylic acids is 1. The summed E-state index contributed by atoms with van der Waals surface area (Å²) in [6, 6.07) is 4.39. The van der Waals surface area contributed by atoms with Gasteiger partial charge in [0.1, 0.15) is 5.69 Å². The van der Waals surface area contributed by atoms with Gasteiger partial charge in [-0.05, 0) is 37.3 Å². The molecule has 0 aromatic heterocycles. The van der Waals surface area contributed by atoms with Crippen LogP contribution in [0.5, 0.6) is 0 Å². The highest BCUT2D eigenvalue weighted by Gasteiger charge is 2.38. The van der Waals surface area contributed by atoms with E-state index in [0.29, 0.717) is 18.5 Å². The number of carbonyl (C=O) groups is 1. The van der Waals surface area contributed by atoms with Crippen molar-refractivity contribution in [3.63, 3.8) is 0 Å². The average Bonchev–Trinajstić information content (AvgIpc) is 2.95. The molecule has 7 heteroatoms. The molecule has 3 N–H and O–H groups in total. The van der Waals surface area contributed by atoms with Gasteiger partial charge in [-0.3, -0.25) is 14.9 Å². The molecule has 0 bridgehead atoms. The van der Waals surface area contributed by atoms with Crippen molar-refractivity contribution in [2.45, 2.75) is 19.3 Å². The lowest BCUT2D eigenvalue weighted by Gasteiger charge is -2.39. The molecule has 1 aromatic carbocycles. The summed E-state index contributed by atoms with van der Waals surface area (Å²) in [7, 11) is 0. The van der Waals surface area contributed by atoms with Gasteiger partial charge in [0, 0.05) is 25.7 Å². The van der Waals surface area contributed by atoms with Crippen LogP contribution in [0.25, 0.3) is 0 Å². The molecule has 2 aliphatic rings. The summed E-state index contributed by atoms with van der Waals surface area (Å²) in [4.78, 5) is 24.8. The Bertz CT molecular complexity index is 601. The fourth-order valence-corrected chi connectivity index (χ4v) is 3.48. The van der Waals surface area contributed by atoms with E-state index in [1.807, 2.05) is 0 Å². The van der Waals surface area contributed by atoms with Crippen molar-refractivity contribution in [1.82, 2.24) is 10.2 Å². The average molecular weight is 304 g/mol. The molecule has 22 heavy (non-hydrogen) atoms. The third-order valence-corrected chi connectivity index (χ3v) is 4.95. The second kappa shape index (κ2) is 5.57. The van der Waals surface area contributed by atoms with Crippen LogP contribution < -0.4 is 11.1 Å². The second-order valence-electron chi connectivity index (χ2n) is 6.21. The summed E-state index contributed by atoms with van der Waals surface area (Å²) in [5.41, 5.74) is 6.11. The van der Waals surface area contributed by atoms with E-state index in [-0.39, 0.29) is 22.8 Å². The fraction of sp³-hybridized carbons (Fsp3) is 0.533. The second-order valence-corrected chi connectivity index (χ2v) is 6.21. The van der Waals surface area contributed by atoms with Gasteiger partial charge in [0.05, 0.1) is 10.5 Å². The van der Waals surface area contributed by atoms with Crippen molar-refractivity contribution in [3.8, 4) is 0 Å². The van der Waals surface area contributed by atoms with E-state index in [9.17, 15) is 14.9 Å². The number of para-hydroxylation sites is 1. The number of nitro groups is 1. The Morgan fingerprint density at radius 3 is 2.64 bits per heavy atom. The summed E-state index contributed by atoms with van der Waals surface area (Å²) in [5, 5.41) is 14.3. The zero-order valence-electron chi connectivity index (χ0n) is 12.4. The van der Waals surface area contributed by atoms with E-state index in [1.165, 1.54) is 12.1 Å². The van der Waals surface area contributed by atoms with Crippen molar-refractivity contribution in [2.75, 3.05) is 31.9 Å². The maximum absolute atomic E-state index is 12.6. The first-order chi connectivity index (χ1) is 10.5. The molecule has 1 aromatic rings. The van der Waals surface area contributed by atoms with E-state index < -0.39 is 4.92 Å². The minimum absolute atomic E-state index is 0.0414. The lowest BCUT2D eigenvalue weighted by Crippen LogP contribution is -2.44. The van der Waals surface area contributed by atoms with Gasteiger partial charge in [-0.15, -0.1) is 0 Å². The first kappa shape index (κ1) is 14.8. The standard InChI is InChI=1S/C15H20N4O3/c16-13-11(2-1-3-12(13)19(21)22)14(20)18-8-5-15(6-9-18)4-7-17-10-15/h1-3,17H,4-10,16H2. The predicted octanol–water partition coefficient (Wildman–Crippen LogP) is 1.39. The molecule has 2 aliphatic heterocycles. The molecule has 0 atom stereocenters. The number of anilines is 1. The van der Waals surface area contributed by atoms with Crippen LogP contribution in [0.2, 0.25) is 0 Å². The normalized spacial score (nSPS) is 20.3. The van der Waals surface area contributed by atoms with Gasteiger partial charge in [0.2, 0.25) is 0 Å². The largest absolute Gasteiger partial charge is 0.393 e. The smallest absolute Gasteiger partial charge is 0.292 e. The van der Waals surface area contributed by atoms with Crippen LogP contribution in [0.1, 0.15) is 29.6 Å². The highest BCUT2D eigenvalue weighted by Crippen LogP contribution is 2.37. The number of amides is 1. The minimum atomic E-state index is -0.554. The van der Waals surface area contributed by atoms with E-state index >= 15 is 0 Å². The molecule has 3 rings (SSSR count). The zero-order valence-corrected chi connectivity index (χ0v) is 12.4. The molecule has 7 nitrogen and oxygen atoms in total. The van der Waals surface area contributed by atoms with Crippen molar-refractivity contribution in [2.24, 2.45) is 5.41 Å². The molecule has 1 amide bonds. The lowest BCUT2D eigenvalue weighted by atomic mass is 9.78. The van der Waals surface area contributed by atoms with Crippen LogP contribution in [0.4, 0.5) is 11.4 Å². The number of nitrogens with two attached hydrogens (primary N) is 1. The van der Waals surface area contributed by atoms with Gasteiger partial charge in [-0.1, -0.05) is 6.07 Å². The van der Waals surface area contributed by atoms with Gasteiger partial charge >= 0.3 is 0 Å². The van der Waals surface area contributed by atoms with Gasteiger partial charge in [-0.25, -0.2) is 0 Å². The number of nitrogens with one attached hydrogen (secondary N) is 1. The number of nitrogen functional groups attached to an aromatic ring is 1. The Morgan fingerprint density at radius 1 is 1.32 bits per heavy atom. The molecule has 118 valence electrons. The van der Waals surface area contributed by atoms with Crippen molar-refractivity contribution in [3.05, 3.63) is 33.9 Å². The Morgan fingerprint density at radius 2 is 2.05 bits per heavy atom. The van der Waals surface area contributed by atoms with Crippen LogP contribution in [0.15, 0.2) is 18.2 Å². The fourth-order valence-electron chi connectivity index (χ4n) is 3.48. The van der Waals surface area contributed by atoms with Crippen molar-refractivity contribution < 1.29 is 9.72 Å². The minimum Gasteiger partial charge on any atom is -0.393 e. The van der Waals surface area contributed by atoms with Crippen LogP contribution in [-0.4, -0.2) is 41.9 Å². The lowest BCUT2D eigenvalue weighted by molar-refractivity contribution is -0.383. The number of nitrogens with zero attached hydrogens (tertiary/aromatic N) is 2. The molecule has 2 saturated heterocycles. The van der Waals surface area contributed by atoms with Crippen LogP contribution in [-0.2, 0) is 0 Å². The first-order valence-corrected chi connectivity index (χ1v) is 7.55. The molecule has 0 aliphatic carbocycles. The zero-order chi connectivity index (χ0) is 15.7. The summed E-state index contributed by atoms with van der Waals surface area (Å²) < 4.78 is 0. The molecular weight excluding hydrogens is 284 g/mol. The van der Waals surface area contributed by atoms with E-state index in [4.69, 9.17) is 5.73 Å². The molecule has 2 fully saturated rings. The number of likely N-dealkylation sites (tertiary alicyclic amines) is 1. The quantitative estimate of drug-likeness (QED) is 0.488. The summed E-state index contributed by atoms with van der Waals surface area (Å²) in [5.74, 6) is -0.206. The van der Waals surface area contributed by atoms with Gasteiger partial charge in [0.15, 0.2) is 0 Å². The van der Waals surface area contributed by atoms with Crippen molar-refractivity contribution >= 4 is 17.3 Å². The summed E-state index contributed by atoms with van der Waals surface area (Å²) in [6.45, 7) is 3.44. The van der Waals surface area contributed by atoms with Gasteiger partial charge < -0.3 is 16.0 Å². The Hall–Kier alpha value is -2.15. The maximum Gasteiger partial charge on any atom is 0.292 e. The SMILES string of the molecule is Nc1c(C(=O)N2CCC3(CCNC3)CC2)cccc1[N+](=O)[O-]. The Labute approximate surface area is 128 Å². The van der Waals surface area contributed by atoms with E-state index in [1.54, 1.807) is 11.0 Å². The summed E-state index contributed by atoms with van der Waals surface area (Å²) in [6.07, 6.45) is 3.11. The topological polar surface area (TPSA) is 102 Å². The van der Waals surface area contributed by atoms with Gasteiger partial charge in [0.25, 0.3) is 11.6 Å². The molecule has 0 unspecified atom stereocenters. The van der Waals surface area contributed by atoms with Gasteiger partial charge in [-0.2, -0.15) is 0 Å². The van der Waals surface area contributed by atoms with Crippen LogP contribution in [0, 0.1) is 15.5 Å². The third kappa shape index (κ3) is 2.52. The highest BCUT2D eigenvalue weighted by atomic mass is 16.6. The molecular formula is C15H20N4O3. The number of rotatable bonds is 2. The van der Waals surface area contributed by atoms with E-state index in [2.05, 4.69) is 5.32 Å². The maximum atomic E-state index is 12.6. The van der Waals surface area contributed by atoms with Crippen LogP contribution >= 0.6 is 0 Å². The Kier molecular flexibility index (Phi) is 3.74. The Balaban J connectivity index is 1.75. The van der Waals surface area contributed by atoms with E-state index in [0.717, 1.165) is 32.4 Å². The third-order valence-electron chi connectivity index (χ3n) is 4.95.